The second kappa shape index (κ2) is 5.56. The van der Waals surface area contributed by atoms with Crippen LogP contribution in [-0.4, -0.2) is 30.6 Å². The van der Waals surface area contributed by atoms with Crippen molar-refractivity contribution in [2.75, 3.05) is 19.6 Å². The van der Waals surface area contributed by atoms with Crippen LogP contribution in [0.5, 0.6) is 0 Å². The van der Waals surface area contributed by atoms with E-state index in [1.54, 1.807) is 6.07 Å². The molecule has 0 aromatic heterocycles. The molecule has 17 heavy (non-hydrogen) atoms. The summed E-state index contributed by atoms with van der Waals surface area (Å²) in [7, 11) is 0. The van der Waals surface area contributed by atoms with Gasteiger partial charge in [-0.15, -0.1) is 0 Å². The zero-order valence-electron chi connectivity index (χ0n) is 10.0. The van der Waals surface area contributed by atoms with Gasteiger partial charge in [0.1, 0.15) is 0 Å². The fourth-order valence-corrected chi connectivity index (χ4v) is 2.11. The molecule has 1 aliphatic rings. The second-order valence-electron chi connectivity index (χ2n) is 4.67. The summed E-state index contributed by atoms with van der Waals surface area (Å²) in [5, 5.41) is 3.40. The van der Waals surface area contributed by atoms with Gasteiger partial charge in [0.05, 0.1) is 0 Å². The van der Waals surface area contributed by atoms with Crippen molar-refractivity contribution in [2.45, 2.75) is 25.9 Å². The molecule has 1 aromatic rings. The summed E-state index contributed by atoms with van der Waals surface area (Å²) in [5.41, 5.74) is 0.832. The van der Waals surface area contributed by atoms with Gasteiger partial charge in [-0.3, -0.25) is 4.90 Å². The van der Waals surface area contributed by atoms with E-state index >= 15 is 0 Å². The van der Waals surface area contributed by atoms with Gasteiger partial charge >= 0.3 is 0 Å². The number of benzene rings is 1. The molecule has 0 radical (unpaired) electrons. The summed E-state index contributed by atoms with van der Waals surface area (Å²) < 4.78 is 25.9. The minimum Gasteiger partial charge on any atom is -0.313 e. The zero-order valence-corrected chi connectivity index (χ0v) is 10.0. The molecule has 1 saturated heterocycles. The fourth-order valence-electron chi connectivity index (χ4n) is 2.11. The van der Waals surface area contributed by atoms with Crippen molar-refractivity contribution in [3.63, 3.8) is 0 Å². The summed E-state index contributed by atoms with van der Waals surface area (Å²) in [4.78, 5) is 2.27. The van der Waals surface area contributed by atoms with Gasteiger partial charge in [0.15, 0.2) is 11.6 Å². The first-order valence-electron chi connectivity index (χ1n) is 6.05. The van der Waals surface area contributed by atoms with E-state index in [2.05, 4.69) is 17.1 Å². The van der Waals surface area contributed by atoms with E-state index in [9.17, 15) is 8.78 Å². The Kier molecular flexibility index (Phi) is 4.07. The van der Waals surface area contributed by atoms with Crippen molar-refractivity contribution in [1.82, 2.24) is 10.2 Å². The molecule has 0 spiro atoms. The largest absolute Gasteiger partial charge is 0.313 e. The van der Waals surface area contributed by atoms with Crippen LogP contribution in [0.3, 0.4) is 0 Å². The third kappa shape index (κ3) is 3.48. The molecule has 2 nitrogen and oxygen atoms in total. The minimum absolute atomic E-state index is 0.532. The Morgan fingerprint density at radius 3 is 2.88 bits per heavy atom. The monoisotopic (exact) mass is 240 g/mol. The molecule has 1 fully saturated rings. The maximum absolute atomic E-state index is 13.1. The summed E-state index contributed by atoms with van der Waals surface area (Å²) in [6.07, 6.45) is 1.09. The Bertz CT molecular complexity index is 382. The van der Waals surface area contributed by atoms with E-state index in [0.29, 0.717) is 12.6 Å². The van der Waals surface area contributed by atoms with Crippen LogP contribution in [-0.2, 0) is 6.54 Å². The van der Waals surface area contributed by atoms with Crippen molar-refractivity contribution >= 4 is 0 Å². The molecule has 0 amide bonds. The van der Waals surface area contributed by atoms with Crippen LogP contribution in [0.4, 0.5) is 8.78 Å². The first-order valence-corrected chi connectivity index (χ1v) is 6.05. The Balaban J connectivity index is 1.97. The standard InChI is InChI=1S/C13H18F2N2/c1-10-4-6-17(7-5-16-10)9-11-2-3-12(14)13(15)8-11/h2-3,8,10,16H,4-7,9H2,1H3. The van der Waals surface area contributed by atoms with Crippen LogP contribution in [0.1, 0.15) is 18.9 Å². The maximum Gasteiger partial charge on any atom is 0.159 e. The first kappa shape index (κ1) is 12.5. The molecular weight excluding hydrogens is 222 g/mol. The van der Waals surface area contributed by atoms with Gasteiger partial charge in [-0.2, -0.15) is 0 Å². The predicted molar refractivity (Wildman–Crippen MR) is 63.7 cm³/mol. The van der Waals surface area contributed by atoms with Gasteiger partial charge in [0.2, 0.25) is 0 Å². The number of rotatable bonds is 2. The molecule has 2 rings (SSSR count). The molecule has 1 N–H and O–H groups in total. The number of nitrogens with one attached hydrogen (secondary N) is 1. The van der Waals surface area contributed by atoms with E-state index < -0.39 is 11.6 Å². The minimum atomic E-state index is -0.778. The highest BCUT2D eigenvalue weighted by Gasteiger charge is 2.13. The quantitative estimate of drug-likeness (QED) is 0.852. The van der Waals surface area contributed by atoms with Gasteiger partial charge < -0.3 is 5.32 Å². The Morgan fingerprint density at radius 1 is 1.29 bits per heavy atom. The SMILES string of the molecule is CC1CCN(Cc2ccc(F)c(F)c2)CCN1. The molecule has 0 aliphatic carbocycles. The van der Waals surface area contributed by atoms with Crippen LogP contribution in [0, 0.1) is 11.6 Å². The van der Waals surface area contributed by atoms with Crippen LogP contribution >= 0.6 is 0 Å². The molecule has 0 saturated carbocycles. The smallest absolute Gasteiger partial charge is 0.159 e. The lowest BCUT2D eigenvalue weighted by Gasteiger charge is -2.19. The van der Waals surface area contributed by atoms with E-state index in [1.807, 2.05) is 0 Å². The normalized spacial score (nSPS) is 22.4. The summed E-state index contributed by atoms with van der Waals surface area (Å²) in [6, 6.07) is 4.67. The average Bonchev–Trinajstić information content (AvgIpc) is 2.49. The first-order chi connectivity index (χ1) is 8.15. The predicted octanol–water partition coefficient (Wildman–Crippen LogP) is 2.15. The highest BCUT2D eigenvalue weighted by molar-refractivity contribution is 5.17. The lowest BCUT2D eigenvalue weighted by atomic mass is 10.2. The van der Waals surface area contributed by atoms with Gasteiger partial charge in [-0.05, 0) is 31.0 Å². The highest BCUT2D eigenvalue weighted by Crippen LogP contribution is 2.12. The van der Waals surface area contributed by atoms with Crippen molar-refractivity contribution in [3.8, 4) is 0 Å². The van der Waals surface area contributed by atoms with Crippen LogP contribution in [0.2, 0.25) is 0 Å². The van der Waals surface area contributed by atoms with Gasteiger partial charge in [-0.25, -0.2) is 8.78 Å². The third-order valence-corrected chi connectivity index (χ3v) is 3.19. The molecule has 4 heteroatoms. The molecule has 1 aromatic carbocycles. The van der Waals surface area contributed by atoms with E-state index in [4.69, 9.17) is 0 Å². The second-order valence-corrected chi connectivity index (χ2v) is 4.67. The number of halogens is 2. The Hall–Kier alpha value is -1.00. The maximum atomic E-state index is 13.1. The summed E-state index contributed by atoms with van der Waals surface area (Å²) in [5.74, 6) is -1.54. The highest BCUT2D eigenvalue weighted by atomic mass is 19.2. The van der Waals surface area contributed by atoms with Crippen molar-refractivity contribution < 1.29 is 8.78 Å². The average molecular weight is 240 g/mol. The Labute approximate surface area is 101 Å². The fraction of sp³-hybridized carbons (Fsp3) is 0.538. The summed E-state index contributed by atoms with van der Waals surface area (Å²) >= 11 is 0. The molecular formula is C13H18F2N2. The van der Waals surface area contributed by atoms with Crippen molar-refractivity contribution in [1.29, 1.82) is 0 Å². The lowest BCUT2D eigenvalue weighted by Crippen LogP contribution is -2.28. The van der Waals surface area contributed by atoms with Crippen molar-refractivity contribution in [3.05, 3.63) is 35.4 Å². The van der Waals surface area contributed by atoms with E-state index in [1.165, 1.54) is 12.1 Å². The number of nitrogens with zero attached hydrogens (tertiary/aromatic N) is 1. The van der Waals surface area contributed by atoms with Gasteiger partial charge in [0.25, 0.3) is 0 Å². The molecule has 1 aliphatic heterocycles. The van der Waals surface area contributed by atoms with Crippen LogP contribution in [0.25, 0.3) is 0 Å². The van der Waals surface area contributed by atoms with Crippen LogP contribution in [0.15, 0.2) is 18.2 Å². The van der Waals surface area contributed by atoms with Gasteiger partial charge in [-0.1, -0.05) is 6.07 Å². The number of hydrogen-bond donors (Lipinski definition) is 1. The van der Waals surface area contributed by atoms with Crippen LogP contribution < -0.4 is 5.32 Å². The molecule has 1 unspecified atom stereocenters. The summed E-state index contributed by atoms with van der Waals surface area (Å²) in [6.45, 7) is 5.74. The topological polar surface area (TPSA) is 15.3 Å². The molecule has 1 heterocycles. The lowest BCUT2D eigenvalue weighted by molar-refractivity contribution is 0.282. The number of hydrogen-bond acceptors (Lipinski definition) is 2. The van der Waals surface area contributed by atoms with E-state index in [-0.39, 0.29) is 0 Å². The molecule has 1 atom stereocenters. The Morgan fingerprint density at radius 2 is 2.12 bits per heavy atom. The molecule has 94 valence electrons. The van der Waals surface area contributed by atoms with E-state index in [0.717, 1.165) is 31.6 Å². The van der Waals surface area contributed by atoms with Crippen molar-refractivity contribution in [2.24, 2.45) is 0 Å². The van der Waals surface area contributed by atoms with Gasteiger partial charge in [0, 0.05) is 32.2 Å². The zero-order chi connectivity index (χ0) is 12.3. The molecule has 0 bridgehead atoms. The third-order valence-electron chi connectivity index (χ3n) is 3.19.